The van der Waals surface area contributed by atoms with E-state index in [2.05, 4.69) is 10.2 Å². The van der Waals surface area contributed by atoms with E-state index in [0.717, 1.165) is 5.56 Å². The van der Waals surface area contributed by atoms with Gasteiger partial charge in [0, 0.05) is 16.8 Å². The number of hydrogen-bond donors (Lipinski definition) is 1. The summed E-state index contributed by atoms with van der Waals surface area (Å²) in [5, 5.41) is 18.4. The maximum atomic E-state index is 13.6. The molecule has 1 amide bonds. The Balaban J connectivity index is 1.69. The van der Waals surface area contributed by atoms with Crippen molar-refractivity contribution >= 4 is 17.6 Å². The van der Waals surface area contributed by atoms with Crippen LogP contribution in [0.3, 0.4) is 0 Å². The number of fused-ring (bicyclic) bond motifs is 1. The zero-order valence-electron chi connectivity index (χ0n) is 16.1. The molecular formula is C24H15FN3O3-. The van der Waals surface area contributed by atoms with Crippen molar-refractivity contribution in [3.8, 4) is 11.3 Å². The number of aromatic nitrogens is 2. The van der Waals surface area contributed by atoms with Gasteiger partial charge < -0.3 is 9.90 Å². The highest BCUT2D eigenvalue weighted by Crippen LogP contribution is 2.44. The van der Waals surface area contributed by atoms with Gasteiger partial charge >= 0.3 is 0 Å². The minimum Gasteiger partial charge on any atom is -0.545 e. The van der Waals surface area contributed by atoms with Crippen LogP contribution in [0.2, 0.25) is 0 Å². The molecule has 1 atom stereocenters. The average molecular weight is 412 g/mol. The molecule has 152 valence electrons. The topological polar surface area (TPSA) is 89.1 Å². The van der Waals surface area contributed by atoms with Crippen molar-refractivity contribution in [2.45, 2.75) is 6.04 Å². The van der Waals surface area contributed by atoms with E-state index in [1.807, 2.05) is 30.3 Å². The Morgan fingerprint density at radius 2 is 1.65 bits per heavy atom. The van der Waals surface area contributed by atoms with Crippen LogP contribution in [0.15, 0.2) is 78.9 Å². The van der Waals surface area contributed by atoms with Crippen LogP contribution in [0.1, 0.15) is 38.0 Å². The average Bonchev–Trinajstić information content (AvgIpc) is 3.34. The first-order chi connectivity index (χ1) is 15.0. The van der Waals surface area contributed by atoms with Crippen LogP contribution in [0.25, 0.3) is 11.3 Å². The second kappa shape index (κ2) is 7.21. The van der Waals surface area contributed by atoms with Gasteiger partial charge in [-0.1, -0.05) is 54.6 Å². The number of H-pyrrole nitrogens is 1. The highest BCUT2D eigenvalue weighted by atomic mass is 19.1. The van der Waals surface area contributed by atoms with E-state index in [1.165, 1.54) is 24.3 Å². The molecule has 7 heteroatoms. The predicted octanol–water partition coefficient (Wildman–Crippen LogP) is 3.33. The van der Waals surface area contributed by atoms with Gasteiger partial charge in [-0.2, -0.15) is 5.10 Å². The van der Waals surface area contributed by atoms with Crippen LogP contribution in [0, 0.1) is 5.82 Å². The third-order valence-electron chi connectivity index (χ3n) is 5.38. The van der Waals surface area contributed by atoms with Crippen LogP contribution >= 0.6 is 0 Å². The van der Waals surface area contributed by atoms with Crippen molar-refractivity contribution in [1.29, 1.82) is 0 Å². The van der Waals surface area contributed by atoms with Crippen LogP contribution < -0.4 is 10.0 Å². The number of rotatable bonds is 4. The van der Waals surface area contributed by atoms with Gasteiger partial charge in [0.25, 0.3) is 5.91 Å². The van der Waals surface area contributed by atoms with Gasteiger partial charge in [0.15, 0.2) is 0 Å². The molecule has 1 aromatic heterocycles. The Bertz CT molecular complexity index is 1280. The van der Waals surface area contributed by atoms with Gasteiger partial charge in [0.2, 0.25) is 0 Å². The van der Waals surface area contributed by atoms with Gasteiger partial charge in [-0.15, -0.1) is 0 Å². The Morgan fingerprint density at radius 3 is 2.29 bits per heavy atom. The normalized spacial score (nSPS) is 15.2. The number of carboxylic acid groups (broad SMARTS) is 1. The molecule has 4 aromatic rings. The lowest BCUT2D eigenvalue weighted by atomic mass is 9.96. The molecule has 0 unspecified atom stereocenters. The Morgan fingerprint density at radius 1 is 0.968 bits per heavy atom. The fourth-order valence-corrected chi connectivity index (χ4v) is 3.95. The highest BCUT2D eigenvalue weighted by Gasteiger charge is 2.43. The Hall–Kier alpha value is -4.26. The number of nitrogens with one attached hydrogen (secondary N) is 1. The number of carboxylic acids is 1. The second-order valence-corrected chi connectivity index (χ2v) is 7.19. The molecule has 0 bridgehead atoms. The lowest BCUT2D eigenvalue weighted by molar-refractivity contribution is -0.255. The standard InChI is InChI=1S/C24H16FN3O3/c25-17-10-6-15(7-11-17)22-19-20(14-4-2-1-3-5-14)26-27-21(19)23(29)28(22)18-12-8-16(9-13-18)24(30)31/h1-13,22H,(H,26,27)(H,30,31)/p-1/t22-/m1/s1. The van der Waals surface area contributed by atoms with Crippen LogP contribution in [-0.2, 0) is 0 Å². The fourth-order valence-electron chi connectivity index (χ4n) is 3.95. The SMILES string of the molecule is O=C([O-])c1ccc(N2C(=O)c3[nH]nc(-c4ccccc4)c3[C@H]2c2ccc(F)cc2)cc1. The molecule has 6 nitrogen and oxygen atoms in total. The van der Waals surface area contributed by atoms with E-state index in [9.17, 15) is 19.1 Å². The summed E-state index contributed by atoms with van der Waals surface area (Å²) in [5.74, 6) is -1.98. The molecule has 5 rings (SSSR count). The molecule has 0 saturated carbocycles. The van der Waals surface area contributed by atoms with Crippen molar-refractivity contribution < 1.29 is 19.1 Å². The summed E-state index contributed by atoms with van der Waals surface area (Å²) in [6.45, 7) is 0. The van der Waals surface area contributed by atoms with Crippen molar-refractivity contribution in [3.63, 3.8) is 0 Å². The quantitative estimate of drug-likeness (QED) is 0.557. The third kappa shape index (κ3) is 3.07. The number of aromatic carboxylic acids is 1. The van der Waals surface area contributed by atoms with E-state index in [0.29, 0.717) is 28.2 Å². The summed E-state index contributed by atoms with van der Waals surface area (Å²) in [6, 6.07) is 20.8. The van der Waals surface area contributed by atoms with E-state index in [4.69, 9.17) is 0 Å². The number of amides is 1. The molecule has 0 spiro atoms. The summed E-state index contributed by atoms with van der Waals surface area (Å²) in [5.41, 5.74) is 3.73. The number of benzene rings is 3. The molecule has 3 aromatic carbocycles. The smallest absolute Gasteiger partial charge is 0.277 e. The molecule has 31 heavy (non-hydrogen) atoms. The molecular weight excluding hydrogens is 397 g/mol. The fraction of sp³-hybridized carbons (Fsp3) is 0.0417. The van der Waals surface area contributed by atoms with Gasteiger partial charge in [0.05, 0.1) is 17.7 Å². The maximum Gasteiger partial charge on any atom is 0.277 e. The molecule has 2 heterocycles. The van der Waals surface area contributed by atoms with E-state index in [-0.39, 0.29) is 17.3 Å². The number of anilines is 1. The zero-order valence-corrected chi connectivity index (χ0v) is 16.1. The number of aromatic amines is 1. The van der Waals surface area contributed by atoms with Gasteiger partial charge in [-0.25, -0.2) is 4.39 Å². The summed E-state index contributed by atoms with van der Waals surface area (Å²) >= 11 is 0. The number of carbonyl (C=O) groups excluding carboxylic acids is 2. The first-order valence-corrected chi connectivity index (χ1v) is 9.58. The number of hydrogen-bond acceptors (Lipinski definition) is 4. The molecule has 1 aliphatic rings. The second-order valence-electron chi connectivity index (χ2n) is 7.19. The summed E-state index contributed by atoms with van der Waals surface area (Å²) < 4.78 is 13.6. The van der Waals surface area contributed by atoms with Crippen molar-refractivity contribution in [2.24, 2.45) is 0 Å². The first kappa shape index (κ1) is 18.7. The van der Waals surface area contributed by atoms with Crippen molar-refractivity contribution in [3.05, 3.63) is 107 Å². The van der Waals surface area contributed by atoms with E-state index in [1.54, 1.807) is 29.2 Å². The predicted molar refractivity (Wildman–Crippen MR) is 110 cm³/mol. The number of carbonyl (C=O) groups is 2. The summed E-state index contributed by atoms with van der Waals surface area (Å²) in [4.78, 5) is 26.0. The Labute approximate surface area is 176 Å². The molecule has 0 fully saturated rings. The molecule has 1 N–H and O–H groups in total. The lowest BCUT2D eigenvalue weighted by Crippen LogP contribution is -2.29. The summed E-state index contributed by atoms with van der Waals surface area (Å²) in [7, 11) is 0. The van der Waals surface area contributed by atoms with Gasteiger partial charge in [-0.05, 0) is 35.4 Å². The third-order valence-corrected chi connectivity index (χ3v) is 5.38. The largest absolute Gasteiger partial charge is 0.545 e. The Kier molecular flexibility index (Phi) is 4.36. The molecule has 0 aliphatic carbocycles. The van der Waals surface area contributed by atoms with Crippen molar-refractivity contribution in [1.82, 2.24) is 10.2 Å². The highest BCUT2D eigenvalue weighted by molar-refractivity contribution is 6.11. The summed E-state index contributed by atoms with van der Waals surface area (Å²) in [6.07, 6.45) is 0. The minimum absolute atomic E-state index is 0.0129. The number of nitrogens with zero attached hydrogens (tertiary/aromatic N) is 2. The number of halogens is 1. The lowest BCUT2D eigenvalue weighted by Gasteiger charge is -2.26. The first-order valence-electron chi connectivity index (χ1n) is 9.58. The maximum absolute atomic E-state index is 13.6. The van der Waals surface area contributed by atoms with Crippen molar-refractivity contribution in [2.75, 3.05) is 4.90 Å². The molecule has 1 aliphatic heterocycles. The van der Waals surface area contributed by atoms with E-state index < -0.39 is 12.0 Å². The van der Waals surface area contributed by atoms with Crippen LogP contribution in [0.5, 0.6) is 0 Å². The minimum atomic E-state index is -1.30. The zero-order chi connectivity index (χ0) is 21.5. The van der Waals surface area contributed by atoms with Crippen LogP contribution in [0.4, 0.5) is 10.1 Å². The monoisotopic (exact) mass is 412 g/mol. The van der Waals surface area contributed by atoms with Gasteiger partial charge in [-0.3, -0.25) is 14.8 Å². The molecule has 0 radical (unpaired) electrons. The van der Waals surface area contributed by atoms with Crippen LogP contribution in [-0.4, -0.2) is 22.1 Å². The molecule has 0 saturated heterocycles. The van der Waals surface area contributed by atoms with Gasteiger partial charge in [0.1, 0.15) is 11.5 Å². The van der Waals surface area contributed by atoms with E-state index >= 15 is 0 Å².